The molecular weight excluding hydrogens is 376 g/mol. The number of carbonyl (C=O) groups is 1. The van der Waals surface area contributed by atoms with Gasteiger partial charge in [-0.3, -0.25) is 9.10 Å². The van der Waals surface area contributed by atoms with Crippen molar-refractivity contribution in [1.82, 2.24) is 0 Å². The lowest BCUT2D eigenvalue weighted by molar-refractivity contribution is -0.122. The Morgan fingerprint density at radius 1 is 1.23 bits per heavy atom. The summed E-state index contributed by atoms with van der Waals surface area (Å²) in [5.74, 6) is -0.111. The largest absolute Gasteiger partial charge is 0.476 e. The molecule has 0 saturated carbocycles. The van der Waals surface area contributed by atoms with Gasteiger partial charge in [0.2, 0.25) is 10.0 Å². The predicted molar refractivity (Wildman–Crippen MR) is 103 cm³/mol. The summed E-state index contributed by atoms with van der Waals surface area (Å²) in [6, 6.07) is 10.4. The van der Waals surface area contributed by atoms with Crippen molar-refractivity contribution in [2.45, 2.75) is 20.0 Å². The Morgan fingerprint density at radius 2 is 1.96 bits per heavy atom. The summed E-state index contributed by atoms with van der Waals surface area (Å²) >= 11 is 5.97. The molecule has 1 aliphatic rings. The summed E-state index contributed by atoms with van der Waals surface area (Å²) in [7, 11) is -3.60. The van der Waals surface area contributed by atoms with E-state index in [1.807, 2.05) is 32.0 Å². The quantitative estimate of drug-likeness (QED) is 0.867. The van der Waals surface area contributed by atoms with Gasteiger partial charge in [-0.1, -0.05) is 23.7 Å². The molecule has 1 N–H and O–H groups in total. The number of nitrogens with one attached hydrogen (secondary N) is 1. The first-order chi connectivity index (χ1) is 12.1. The van der Waals surface area contributed by atoms with Gasteiger partial charge >= 0.3 is 0 Å². The van der Waals surface area contributed by atoms with Crippen LogP contribution in [0.5, 0.6) is 5.75 Å². The highest BCUT2D eigenvalue weighted by atomic mass is 35.5. The van der Waals surface area contributed by atoms with E-state index in [2.05, 4.69) is 5.32 Å². The lowest BCUT2D eigenvalue weighted by Crippen LogP contribution is -2.48. The Balaban J connectivity index is 1.91. The van der Waals surface area contributed by atoms with E-state index in [0.717, 1.165) is 21.7 Å². The number of rotatable bonds is 3. The van der Waals surface area contributed by atoms with Crippen LogP contribution in [0.2, 0.25) is 5.02 Å². The standard InChI is InChI=1S/C18H19ClN2O4S/c1-11-4-5-12(2)14(8-11)20-18(22)17-10-21(26(3,23)24)15-9-13(19)6-7-16(15)25-17/h4-9,17H,10H2,1-3H3,(H,20,22)/t17-/m1/s1. The molecule has 0 unspecified atom stereocenters. The predicted octanol–water partition coefficient (Wildman–Crippen LogP) is 3.12. The highest BCUT2D eigenvalue weighted by Gasteiger charge is 2.35. The number of amides is 1. The highest BCUT2D eigenvalue weighted by molar-refractivity contribution is 7.92. The number of hydrogen-bond acceptors (Lipinski definition) is 4. The van der Waals surface area contributed by atoms with Crippen molar-refractivity contribution in [3.05, 3.63) is 52.5 Å². The van der Waals surface area contributed by atoms with Crippen molar-refractivity contribution in [1.29, 1.82) is 0 Å². The monoisotopic (exact) mass is 394 g/mol. The molecule has 0 spiro atoms. The van der Waals surface area contributed by atoms with E-state index in [1.54, 1.807) is 12.1 Å². The van der Waals surface area contributed by atoms with Gasteiger partial charge in [0.15, 0.2) is 6.10 Å². The zero-order valence-electron chi connectivity index (χ0n) is 14.6. The van der Waals surface area contributed by atoms with Gasteiger partial charge in [0.25, 0.3) is 5.91 Å². The van der Waals surface area contributed by atoms with Gasteiger partial charge in [-0.25, -0.2) is 8.42 Å². The van der Waals surface area contributed by atoms with Crippen LogP contribution in [-0.2, 0) is 14.8 Å². The molecule has 26 heavy (non-hydrogen) atoms. The van der Waals surface area contributed by atoms with Crippen LogP contribution in [0.1, 0.15) is 11.1 Å². The second kappa shape index (κ2) is 6.81. The van der Waals surface area contributed by atoms with Gasteiger partial charge in [-0.2, -0.15) is 0 Å². The maximum absolute atomic E-state index is 12.7. The summed E-state index contributed by atoms with van der Waals surface area (Å²) in [5.41, 5.74) is 2.92. The molecule has 0 aliphatic carbocycles. The first-order valence-electron chi connectivity index (χ1n) is 7.97. The van der Waals surface area contributed by atoms with Gasteiger partial charge in [-0.05, 0) is 49.2 Å². The van der Waals surface area contributed by atoms with Gasteiger partial charge in [0.1, 0.15) is 5.75 Å². The fourth-order valence-corrected chi connectivity index (χ4v) is 3.83. The molecule has 3 rings (SSSR count). The van der Waals surface area contributed by atoms with Gasteiger partial charge in [-0.15, -0.1) is 0 Å². The SMILES string of the molecule is Cc1ccc(C)c(NC(=O)[C@H]2CN(S(C)(=O)=O)c3cc(Cl)ccc3O2)c1. The third kappa shape index (κ3) is 3.78. The Labute approximate surface area is 157 Å². The molecular formula is C18H19ClN2O4S. The molecule has 0 aromatic heterocycles. The van der Waals surface area contributed by atoms with Crippen molar-refractivity contribution < 1.29 is 17.9 Å². The molecule has 1 heterocycles. The van der Waals surface area contributed by atoms with Crippen LogP contribution in [0.3, 0.4) is 0 Å². The minimum atomic E-state index is -3.60. The lowest BCUT2D eigenvalue weighted by atomic mass is 10.1. The number of fused-ring (bicyclic) bond motifs is 1. The van der Waals surface area contributed by atoms with Crippen molar-refractivity contribution in [3.63, 3.8) is 0 Å². The lowest BCUT2D eigenvalue weighted by Gasteiger charge is -2.34. The van der Waals surface area contributed by atoms with Crippen LogP contribution in [0.25, 0.3) is 0 Å². The van der Waals surface area contributed by atoms with Crippen LogP contribution in [0.15, 0.2) is 36.4 Å². The molecule has 0 fully saturated rings. The average molecular weight is 395 g/mol. The molecule has 1 atom stereocenters. The van der Waals surface area contributed by atoms with E-state index in [1.165, 1.54) is 6.07 Å². The Bertz CT molecular complexity index is 975. The molecule has 1 aliphatic heterocycles. The Kier molecular flexibility index (Phi) is 4.86. The fourth-order valence-electron chi connectivity index (χ4n) is 2.76. The van der Waals surface area contributed by atoms with Crippen LogP contribution in [0.4, 0.5) is 11.4 Å². The number of aryl methyl sites for hydroxylation is 2. The maximum Gasteiger partial charge on any atom is 0.267 e. The van der Waals surface area contributed by atoms with E-state index in [0.29, 0.717) is 22.1 Å². The third-order valence-corrected chi connectivity index (χ3v) is 5.52. The Hall–Kier alpha value is -2.25. The normalized spacial score (nSPS) is 16.6. The van der Waals surface area contributed by atoms with Crippen molar-refractivity contribution >= 4 is 38.9 Å². The highest BCUT2D eigenvalue weighted by Crippen LogP contribution is 2.37. The molecule has 8 heteroatoms. The van der Waals surface area contributed by atoms with E-state index in [9.17, 15) is 13.2 Å². The third-order valence-electron chi connectivity index (χ3n) is 4.13. The zero-order chi connectivity index (χ0) is 19.1. The number of benzene rings is 2. The van der Waals surface area contributed by atoms with E-state index >= 15 is 0 Å². The summed E-state index contributed by atoms with van der Waals surface area (Å²) in [4.78, 5) is 12.7. The Morgan fingerprint density at radius 3 is 2.65 bits per heavy atom. The van der Waals surface area contributed by atoms with Crippen LogP contribution < -0.4 is 14.4 Å². The first kappa shape index (κ1) is 18.5. The number of ether oxygens (including phenoxy) is 1. The second-order valence-corrected chi connectivity index (χ2v) is 8.66. The molecule has 0 saturated heterocycles. The maximum atomic E-state index is 12.7. The number of anilines is 2. The molecule has 0 radical (unpaired) electrons. The summed E-state index contributed by atoms with van der Waals surface area (Å²) in [6.07, 6.45) is 0.112. The molecule has 0 bridgehead atoms. The molecule has 6 nitrogen and oxygen atoms in total. The van der Waals surface area contributed by atoms with Crippen LogP contribution in [-0.4, -0.2) is 33.2 Å². The van der Waals surface area contributed by atoms with Gasteiger partial charge in [0, 0.05) is 10.7 Å². The molecule has 2 aromatic rings. The van der Waals surface area contributed by atoms with E-state index in [-0.39, 0.29) is 6.54 Å². The van der Waals surface area contributed by atoms with E-state index in [4.69, 9.17) is 16.3 Å². The summed E-state index contributed by atoms with van der Waals surface area (Å²) in [5, 5.41) is 3.21. The van der Waals surface area contributed by atoms with Crippen molar-refractivity contribution in [2.24, 2.45) is 0 Å². The number of hydrogen-bond donors (Lipinski definition) is 1. The molecule has 1 amide bonds. The number of sulfonamides is 1. The van der Waals surface area contributed by atoms with Crippen LogP contribution in [0, 0.1) is 13.8 Å². The number of halogens is 1. The molecule has 2 aromatic carbocycles. The van der Waals surface area contributed by atoms with E-state index < -0.39 is 22.0 Å². The smallest absolute Gasteiger partial charge is 0.267 e. The molecule has 138 valence electrons. The number of carbonyl (C=O) groups excluding carboxylic acids is 1. The van der Waals surface area contributed by atoms with Gasteiger partial charge in [0.05, 0.1) is 18.5 Å². The van der Waals surface area contributed by atoms with Crippen molar-refractivity contribution in [3.8, 4) is 5.75 Å². The minimum absolute atomic E-state index is 0.122. The fraction of sp³-hybridized carbons (Fsp3) is 0.278. The summed E-state index contributed by atoms with van der Waals surface area (Å²) in [6.45, 7) is 3.69. The second-order valence-electron chi connectivity index (χ2n) is 6.32. The van der Waals surface area contributed by atoms with Gasteiger partial charge < -0.3 is 10.1 Å². The van der Waals surface area contributed by atoms with Crippen molar-refractivity contribution in [2.75, 3.05) is 22.4 Å². The first-order valence-corrected chi connectivity index (χ1v) is 10.2. The number of nitrogens with zero attached hydrogens (tertiary/aromatic N) is 1. The average Bonchev–Trinajstić information content (AvgIpc) is 2.56. The topological polar surface area (TPSA) is 75.7 Å². The minimum Gasteiger partial charge on any atom is -0.476 e. The summed E-state index contributed by atoms with van der Waals surface area (Å²) < 4.78 is 31.2. The zero-order valence-corrected chi connectivity index (χ0v) is 16.2. The van der Waals surface area contributed by atoms with Crippen LogP contribution >= 0.6 is 11.6 Å².